The summed E-state index contributed by atoms with van der Waals surface area (Å²) in [5, 5.41) is 4.43. The molecule has 2 N–H and O–H groups in total. The van der Waals surface area contributed by atoms with Gasteiger partial charge in [-0.3, -0.25) is 14.4 Å². The highest BCUT2D eigenvalue weighted by Gasteiger charge is 2.34. The summed E-state index contributed by atoms with van der Waals surface area (Å²) in [6.45, 7) is 3.00. The van der Waals surface area contributed by atoms with E-state index in [-0.39, 0.29) is 17.5 Å². The molecule has 0 saturated carbocycles. The zero-order valence-corrected chi connectivity index (χ0v) is 19.8. The van der Waals surface area contributed by atoms with E-state index >= 15 is 0 Å². The normalized spacial score (nSPS) is 15.8. The lowest BCUT2D eigenvalue weighted by molar-refractivity contribution is -0.119. The van der Waals surface area contributed by atoms with Gasteiger partial charge in [-0.1, -0.05) is 0 Å². The fourth-order valence-corrected chi connectivity index (χ4v) is 4.88. The van der Waals surface area contributed by atoms with Gasteiger partial charge in [-0.15, -0.1) is 0 Å². The fourth-order valence-electron chi connectivity index (χ4n) is 4.88. The van der Waals surface area contributed by atoms with Gasteiger partial charge in [0.25, 0.3) is 11.8 Å². The summed E-state index contributed by atoms with van der Waals surface area (Å²) >= 11 is 0. The standard InChI is InChI=1S/C26H27N5O4/c1-16-15-19(10-11-21(16)35-2)31-24-20(23(28-31)25(27)33)12-14-30(26(24)34)18-8-6-17(7-9-18)29-13-4-3-5-22(29)32/h6-11,15H,3-5,12-14H2,1-2H3,(H2,27,33). The topological polar surface area (TPSA) is 111 Å². The number of benzene rings is 2. The number of anilines is 2. The number of hydrogen-bond donors (Lipinski definition) is 1. The second-order valence-electron chi connectivity index (χ2n) is 8.83. The van der Waals surface area contributed by atoms with E-state index in [4.69, 9.17) is 10.5 Å². The highest BCUT2D eigenvalue weighted by molar-refractivity contribution is 6.09. The molecule has 1 fully saturated rings. The Morgan fingerprint density at radius 1 is 0.943 bits per heavy atom. The largest absolute Gasteiger partial charge is 0.496 e. The van der Waals surface area contributed by atoms with Crippen molar-refractivity contribution in [2.24, 2.45) is 5.73 Å². The first-order valence-corrected chi connectivity index (χ1v) is 11.7. The Balaban J connectivity index is 1.51. The Morgan fingerprint density at radius 2 is 1.63 bits per heavy atom. The van der Waals surface area contributed by atoms with Gasteiger partial charge < -0.3 is 20.3 Å². The minimum atomic E-state index is -0.665. The van der Waals surface area contributed by atoms with Gasteiger partial charge in [0.2, 0.25) is 5.91 Å². The third-order valence-electron chi connectivity index (χ3n) is 6.67. The summed E-state index contributed by atoms with van der Waals surface area (Å²) in [5.74, 6) is -0.0888. The molecule has 9 nitrogen and oxygen atoms in total. The molecule has 3 heterocycles. The molecule has 3 aromatic rings. The third-order valence-corrected chi connectivity index (χ3v) is 6.67. The van der Waals surface area contributed by atoms with Crippen molar-refractivity contribution in [3.05, 3.63) is 65.0 Å². The number of fused-ring (bicyclic) bond motifs is 1. The Kier molecular flexibility index (Phi) is 5.76. The molecule has 2 aromatic carbocycles. The van der Waals surface area contributed by atoms with Crippen LogP contribution in [0.5, 0.6) is 5.75 Å². The van der Waals surface area contributed by atoms with Crippen LogP contribution in [0.1, 0.15) is 51.4 Å². The number of methoxy groups -OCH3 is 1. The number of nitrogens with zero attached hydrogens (tertiary/aromatic N) is 4. The van der Waals surface area contributed by atoms with Crippen molar-refractivity contribution in [3.8, 4) is 11.4 Å². The summed E-state index contributed by atoms with van der Waals surface area (Å²) in [7, 11) is 1.59. The molecule has 0 radical (unpaired) electrons. The van der Waals surface area contributed by atoms with Crippen LogP contribution in [-0.2, 0) is 11.2 Å². The average Bonchev–Trinajstić information content (AvgIpc) is 3.26. The maximum atomic E-state index is 13.7. The number of primary amides is 1. The van der Waals surface area contributed by atoms with E-state index in [0.29, 0.717) is 54.3 Å². The van der Waals surface area contributed by atoms with E-state index in [1.807, 2.05) is 37.3 Å². The summed E-state index contributed by atoms with van der Waals surface area (Å²) in [6.07, 6.45) is 2.91. The molecule has 1 saturated heterocycles. The molecule has 2 aliphatic rings. The SMILES string of the molecule is COc1ccc(-n2nc(C(N)=O)c3c2C(=O)N(c2ccc(N4CCCCC4=O)cc2)CC3)cc1C. The number of carbonyl (C=O) groups is 3. The van der Waals surface area contributed by atoms with Crippen LogP contribution < -0.4 is 20.3 Å². The molecule has 9 heteroatoms. The first kappa shape index (κ1) is 22.6. The third kappa shape index (κ3) is 3.92. The lowest BCUT2D eigenvalue weighted by atomic mass is 10.0. The van der Waals surface area contributed by atoms with Gasteiger partial charge in [-0.05, 0) is 74.2 Å². The summed E-state index contributed by atoms with van der Waals surface area (Å²) < 4.78 is 6.84. The molecular weight excluding hydrogens is 446 g/mol. The lowest BCUT2D eigenvalue weighted by Gasteiger charge is -2.29. The molecule has 1 aromatic heterocycles. The van der Waals surface area contributed by atoms with Gasteiger partial charge in [-0.25, -0.2) is 4.68 Å². The van der Waals surface area contributed by atoms with E-state index in [1.165, 1.54) is 4.68 Å². The molecular formula is C26H27N5O4. The van der Waals surface area contributed by atoms with Crippen molar-refractivity contribution in [3.63, 3.8) is 0 Å². The van der Waals surface area contributed by atoms with Crippen LogP contribution in [0, 0.1) is 6.92 Å². The van der Waals surface area contributed by atoms with Crippen molar-refractivity contribution in [1.29, 1.82) is 0 Å². The number of nitrogens with two attached hydrogens (primary N) is 1. The number of rotatable bonds is 5. The molecule has 0 atom stereocenters. The van der Waals surface area contributed by atoms with Crippen molar-refractivity contribution < 1.29 is 19.1 Å². The lowest BCUT2D eigenvalue weighted by Crippen LogP contribution is -2.39. The van der Waals surface area contributed by atoms with Crippen LogP contribution in [-0.4, -0.2) is 47.7 Å². The van der Waals surface area contributed by atoms with E-state index in [1.54, 1.807) is 29.0 Å². The van der Waals surface area contributed by atoms with Crippen molar-refractivity contribution in [2.75, 3.05) is 30.0 Å². The van der Waals surface area contributed by atoms with Gasteiger partial charge in [0.05, 0.1) is 12.8 Å². The Morgan fingerprint density at radius 3 is 2.26 bits per heavy atom. The van der Waals surface area contributed by atoms with Gasteiger partial charge in [0, 0.05) is 36.4 Å². The molecule has 0 aliphatic carbocycles. The Hall–Kier alpha value is -4.14. The summed E-state index contributed by atoms with van der Waals surface area (Å²) in [5.41, 5.74) is 9.66. The van der Waals surface area contributed by atoms with Crippen LogP contribution in [0.2, 0.25) is 0 Å². The molecule has 0 bridgehead atoms. The fraction of sp³-hybridized carbons (Fsp3) is 0.308. The van der Waals surface area contributed by atoms with Crippen LogP contribution in [0.3, 0.4) is 0 Å². The maximum Gasteiger partial charge on any atom is 0.277 e. The highest BCUT2D eigenvalue weighted by atomic mass is 16.5. The van der Waals surface area contributed by atoms with Crippen LogP contribution >= 0.6 is 0 Å². The summed E-state index contributed by atoms with van der Waals surface area (Å²) in [6, 6.07) is 12.9. The summed E-state index contributed by atoms with van der Waals surface area (Å²) in [4.78, 5) is 41.6. The van der Waals surface area contributed by atoms with Crippen LogP contribution in [0.15, 0.2) is 42.5 Å². The second-order valence-corrected chi connectivity index (χ2v) is 8.83. The van der Waals surface area contributed by atoms with Crippen molar-refractivity contribution >= 4 is 29.1 Å². The van der Waals surface area contributed by atoms with E-state index in [0.717, 1.165) is 24.1 Å². The average molecular weight is 474 g/mol. The molecule has 0 unspecified atom stereocenters. The molecule has 180 valence electrons. The number of hydrogen-bond acceptors (Lipinski definition) is 5. The monoisotopic (exact) mass is 473 g/mol. The number of ether oxygens (including phenoxy) is 1. The molecule has 3 amide bonds. The predicted molar refractivity (Wildman–Crippen MR) is 131 cm³/mol. The minimum absolute atomic E-state index is 0.112. The number of carbonyl (C=O) groups excluding carboxylic acids is 3. The zero-order chi connectivity index (χ0) is 24.7. The molecule has 2 aliphatic heterocycles. The van der Waals surface area contributed by atoms with Gasteiger partial charge in [-0.2, -0.15) is 5.10 Å². The first-order valence-electron chi connectivity index (χ1n) is 11.7. The Labute approximate surface area is 203 Å². The molecule has 5 rings (SSSR count). The van der Waals surface area contributed by atoms with E-state index in [9.17, 15) is 14.4 Å². The number of piperidine rings is 1. The molecule has 35 heavy (non-hydrogen) atoms. The van der Waals surface area contributed by atoms with Gasteiger partial charge in [0.15, 0.2) is 5.69 Å². The van der Waals surface area contributed by atoms with Crippen molar-refractivity contribution in [2.45, 2.75) is 32.6 Å². The van der Waals surface area contributed by atoms with Crippen molar-refractivity contribution in [1.82, 2.24) is 9.78 Å². The Bertz CT molecular complexity index is 1330. The molecule has 0 spiro atoms. The number of amides is 3. The first-order chi connectivity index (χ1) is 16.9. The number of aryl methyl sites for hydroxylation is 1. The quantitative estimate of drug-likeness (QED) is 0.612. The second kappa shape index (κ2) is 8.90. The van der Waals surface area contributed by atoms with Crippen LogP contribution in [0.4, 0.5) is 11.4 Å². The van der Waals surface area contributed by atoms with Gasteiger partial charge in [0.1, 0.15) is 11.4 Å². The maximum absolute atomic E-state index is 13.7. The highest BCUT2D eigenvalue weighted by Crippen LogP contribution is 2.31. The number of aromatic nitrogens is 2. The predicted octanol–water partition coefficient (Wildman–Crippen LogP) is 3.01. The van der Waals surface area contributed by atoms with E-state index in [2.05, 4.69) is 5.10 Å². The zero-order valence-electron chi connectivity index (χ0n) is 19.8. The van der Waals surface area contributed by atoms with Gasteiger partial charge >= 0.3 is 0 Å². The van der Waals surface area contributed by atoms with Crippen LogP contribution in [0.25, 0.3) is 5.69 Å². The minimum Gasteiger partial charge on any atom is -0.496 e. The van der Waals surface area contributed by atoms with E-state index < -0.39 is 5.91 Å². The smallest absolute Gasteiger partial charge is 0.277 e.